The lowest BCUT2D eigenvalue weighted by Gasteiger charge is -2.19. The molecule has 3 unspecified atom stereocenters. The highest BCUT2D eigenvalue weighted by atomic mass is 35.5. The van der Waals surface area contributed by atoms with Crippen molar-refractivity contribution in [1.82, 2.24) is 9.88 Å². The highest BCUT2D eigenvalue weighted by molar-refractivity contribution is 5.98. The Hall–Kier alpha value is -1.85. The third-order valence-corrected chi connectivity index (χ3v) is 5.32. The van der Waals surface area contributed by atoms with Crippen LogP contribution in [0.15, 0.2) is 30.3 Å². The molecule has 2 fully saturated rings. The largest absolute Gasteiger partial charge is 0.481 e. The third kappa shape index (κ3) is 2.72. The Morgan fingerprint density at radius 3 is 2.83 bits per heavy atom. The van der Waals surface area contributed by atoms with Crippen LogP contribution in [0.2, 0.25) is 0 Å². The van der Waals surface area contributed by atoms with Crippen LogP contribution in [0.4, 0.5) is 0 Å². The van der Waals surface area contributed by atoms with E-state index in [0.29, 0.717) is 23.4 Å². The van der Waals surface area contributed by atoms with Gasteiger partial charge in [-0.15, -0.1) is 12.4 Å². The number of likely N-dealkylation sites (tertiary alicyclic amines) is 1. The van der Waals surface area contributed by atoms with Crippen molar-refractivity contribution in [3.8, 4) is 5.88 Å². The van der Waals surface area contributed by atoms with Gasteiger partial charge in [0.15, 0.2) is 0 Å². The van der Waals surface area contributed by atoms with Crippen LogP contribution in [0.25, 0.3) is 10.8 Å². The van der Waals surface area contributed by atoms with Crippen LogP contribution in [-0.4, -0.2) is 42.0 Å². The number of nitrogens with two attached hydrogens (primary N) is 1. The van der Waals surface area contributed by atoms with Crippen LogP contribution in [-0.2, 0) is 0 Å². The molecule has 1 aliphatic carbocycles. The molecule has 0 radical (unpaired) electrons. The van der Waals surface area contributed by atoms with Gasteiger partial charge in [-0.25, -0.2) is 4.98 Å². The summed E-state index contributed by atoms with van der Waals surface area (Å²) in [6, 6.07) is 9.91. The first-order chi connectivity index (χ1) is 11.2. The molecule has 2 N–H and O–H groups in total. The Labute approximate surface area is 147 Å². The van der Waals surface area contributed by atoms with Gasteiger partial charge in [-0.2, -0.15) is 0 Å². The second-order valence-electron chi connectivity index (χ2n) is 6.61. The molecule has 3 atom stereocenters. The van der Waals surface area contributed by atoms with Crippen molar-refractivity contribution in [2.45, 2.75) is 18.9 Å². The fourth-order valence-corrected chi connectivity index (χ4v) is 4.07. The minimum absolute atomic E-state index is 0. The number of ether oxygens (including phenoxy) is 1. The molecule has 1 saturated carbocycles. The van der Waals surface area contributed by atoms with Crippen LogP contribution < -0.4 is 10.5 Å². The summed E-state index contributed by atoms with van der Waals surface area (Å²) in [5.41, 5.74) is 6.62. The first-order valence-electron chi connectivity index (χ1n) is 8.16. The van der Waals surface area contributed by atoms with Gasteiger partial charge in [0.2, 0.25) is 5.88 Å². The maximum Gasteiger partial charge on any atom is 0.272 e. The van der Waals surface area contributed by atoms with Crippen LogP contribution >= 0.6 is 12.4 Å². The Balaban J connectivity index is 0.00000169. The van der Waals surface area contributed by atoms with E-state index in [2.05, 4.69) is 4.98 Å². The van der Waals surface area contributed by atoms with E-state index in [1.54, 1.807) is 7.11 Å². The van der Waals surface area contributed by atoms with E-state index in [1.165, 1.54) is 0 Å². The summed E-state index contributed by atoms with van der Waals surface area (Å²) in [5, 5.41) is 1.89. The molecule has 5 nitrogen and oxygen atoms in total. The zero-order valence-electron chi connectivity index (χ0n) is 13.6. The second-order valence-corrected chi connectivity index (χ2v) is 6.61. The molecule has 2 heterocycles. The Kier molecular flexibility index (Phi) is 4.65. The highest BCUT2D eigenvalue weighted by Crippen LogP contribution is 2.37. The molecule has 2 aliphatic rings. The van der Waals surface area contributed by atoms with E-state index in [-0.39, 0.29) is 24.4 Å². The smallest absolute Gasteiger partial charge is 0.272 e. The molecule has 1 saturated heterocycles. The van der Waals surface area contributed by atoms with Crippen molar-refractivity contribution in [3.05, 3.63) is 36.0 Å². The molecule has 1 aromatic heterocycles. The first-order valence-corrected chi connectivity index (χ1v) is 8.16. The third-order valence-electron chi connectivity index (χ3n) is 5.32. The molecule has 2 aromatic rings. The van der Waals surface area contributed by atoms with E-state index in [9.17, 15) is 4.79 Å². The van der Waals surface area contributed by atoms with Gasteiger partial charge in [-0.05, 0) is 42.2 Å². The zero-order chi connectivity index (χ0) is 16.0. The van der Waals surface area contributed by atoms with Crippen LogP contribution in [0.1, 0.15) is 23.3 Å². The van der Waals surface area contributed by atoms with Crippen molar-refractivity contribution in [2.24, 2.45) is 17.6 Å². The van der Waals surface area contributed by atoms with E-state index in [4.69, 9.17) is 10.5 Å². The number of nitrogens with zero attached hydrogens (tertiary/aromatic N) is 2. The number of halogens is 1. The van der Waals surface area contributed by atoms with Gasteiger partial charge >= 0.3 is 0 Å². The zero-order valence-corrected chi connectivity index (χ0v) is 14.5. The van der Waals surface area contributed by atoms with Gasteiger partial charge in [0, 0.05) is 24.5 Å². The quantitative estimate of drug-likeness (QED) is 0.906. The van der Waals surface area contributed by atoms with E-state index < -0.39 is 0 Å². The molecular weight excluding hydrogens is 326 g/mol. The molecule has 24 heavy (non-hydrogen) atoms. The molecular formula is C18H22ClN3O2. The minimum Gasteiger partial charge on any atom is -0.481 e. The number of rotatable bonds is 2. The fraction of sp³-hybridized carbons (Fsp3) is 0.444. The van der Waals surface area contributed by atoms with Crippen molar-refractivity contribution < 1.29 is 9.53 Å². The summed E-state index contributed by atoms with van der Waals surface area (Å²) in [6.07, 6.45) is 2.21. The van der Waals surface area contributed by atoms with Gasteiger partial charge in [-0.1, -0.05) is 18.2 Å². The van der Waals surface area contributed by atoms with Crippen molar-refractivity contribution in [1.29, 1.82) is 0 Å². The summed E-state index contributed by atoms with van der Waals surface area (Å²) >= 11 is 0. The summed E-state index contributed by atoms with van der Waals surface area (Å²) < 4.78 is 5.37. The number of carbonyl (C=O) groups excluding carboxylic acids is 1. The number of methoxy groups -OCH3 is 1. The van der Waals surface area contributed by atoms with E-state index in [1.807, 2.05) is 35.2 Å². The number of benzene rings is 1. The molecule has 1 amide bonds. The second kappa shape index (κ2) is 6.57. The van der Waals surface area contributed by atoms with Crippen molar-refractivity contribution in [2.75, 3.05) is 20.2 Å². The van der Waals surface area contributed by atoms with Crippen LogP contribution in [0, 0.1) is 11.8 Å². The molecule has 1 aromatic carbocycles. The predicted octanol–water partition coefficient (Wildman–Crippen LogP) is 2.47. The normalized spacial score (nSPS) is 25.4. The monoisotopic (exact) mass is 347 g/mol. The summed E-state index contributed by atoms with van der Waals surface area (Å²) in [6.45, 7) is 1.55. The van der Waals surface area contributed by atoms with Crippen LogP contribution in [0.5, 0.6) is 5.88 Å². The van der Waals surface area contributed by atoms with E-state index in [0.717, 1.165) is 36.7 Å². The minimum atomic E-state index is -0.0179. The maximum atomic E-state index is 12.9. The number of carbonyl (C=O) groups is 1. The molecule has 6 heteroatoms. The lowest BCUT2D eigenvalue weighted by Crippen LogP contribution is -2.33. The number of hydrogen-bond donors (Lipinski definition) is 1. The van der Waals surface area contributed by atoms with Gasteiger partial charge in [0.05, 0.1) is 7.11 Å². The lowest BCUT2D eigenvalue weighted by molar-refractivity contribution is 0.0773. The molecule has 0 spiro atoms. The van der Waals surface area contributed by atoms with Gasteiger partial charge < -0.3 is 15.4 Å². The molecule has 1 aliphatic heterocycles. The van der Waals surface area contributed by atoms with Gasteiger partial charge in [0.1, 0.15) is 5.69 Å². The van der Waals surface area contributed by atoms with Crippen molar-refractivity contribution in [3.63, 3.8) is 0 Å². The summed E-state index contributed by atoms with van der Waals surface area (Å²) in [7, 11) is 1.59. The molecule has 128 valence electrons. The number of fused-ring (bicyclic) bond motifs is 2. The SMILES string of the molecule is COc1nc(C(=O)N2CC3CCC(N)C3C2)cc2ccccc12.Cl. The summed E-state index contributed by atoms with van der Waals surface area (Å²) in [5.74, 6) is 1.48. The topological polar surface area (TPSA) is 68.5 Å². The average Bonchev–Trinajstić information content (AvgIpc) is 3.15. The maximum absolute atomic E-state index is 12.9. The Morgan fingerprint density at radius 1 is 1.29 bits per heavy atom. The van der Waals surface area contributed by atoms with Crippen LogP contribution in [0.3, 0.4) is 0 Å². The summed E-state index contributed by atoms with van der Waals surface area (Å²) in [4.78, 5) is 19.2. The molecule has 0 bridgehead atoms. The van der Waals surface area contributed by atoms with Gasteiger partial charge in [-0.3, -0.25) is 4.79 Å². The number of pyridine rings is 1. The predicted molar refractivity (Wildman–Crippen MR) is 95.6 cm³/mol. The fourth-order valence-electron chi connectivity index (χ4n) is 4.07. The molecule has 4 rings (SSSR count). The number of hydrogen-bond acceptors (Lipinski definition) is 4. The van der Waals surface area contributed by atoms with Gasteiger partial charge in [0.25, 0.3) is 5.91 Å². The lowest BCUT2D eigenvalue weighted by atomic mass is 9.98. The standard InChI is InChI=1S/C18H21N3O2.ClH/c1-23-17-13-5-3-2-4-11(13)8-16(20-17)18(22)21-9-12-6-7-15(19)14(12)10-21;/h2-5,8,12,14-15H,6-7,9-10,19H2,1H3;1H. The van der Waals surface area contributed by atoms with E-state index >= 15 is 0 Å². The average molecular weight is 348 g/mol. The number of amides is 1. The Morgan fingerprint density at radius 2 is 2.08 bits per heavy atom. The first kappa shape index (κ1) is 17.0. The Bertz CT molecular complexity index is 767. The van der Waals surface area contributed by atoms with Crippen molar-refractivity contribution >= 4 is 29.1 Å². The number of aromatic nitrogens is 1. The highest BCUT2D eigenvalue weighted by Gasteiger charge is 2.42.